The van der Waals surface area contributed by atoms with E-state index in [9.17, 15) is 4.79 Å². The second kappa shape index (κ2) is 4.75. The van der Waals surface area contributed by atoms with Crippen molar-refractivity contribution in [2.75, 3.05) is 6.54 Å². The molecule has 1 aromatic rings. The van der Waals surface area contributed by atoms with E-state index in [2.05, 4.69) is 31.1 Å². The molecule has 1 heterocycles. The van der Waals surface area contributed by atoms with Gasteiger partial charge in [0.25, 0.3) is 5.91 Å². The fourth-order valence-corrected chi connectivity index (χ4v) is 1.87. The number of thiazole rings is 1. The van der Waals surface area contributed by atoms with Crippen LogP contribution in [-0.4, -0.2) is 17.4 Å². The normalized spacial score (nSPS) is 11.5. The first kappa shape index (κ1) is 12.2. The zero-order valence-corrected chi connectivity index (χ0v) is 10.6. The summed E-state index contributed by atoms with van der Waals surface area (Å²) in [4.78, 5) is 16.4. The highest BCUT2D eigenvalue weighted by atomic mass is 32.1. The lowest BCUT2D eigenvalue weighted by Gasteiger charge is -2.17. The van der Waals surface area contributed by atoms with Crippen LogP contribution in [0.5, 0.6) is 0 Å². The molecule has 0 aliphatic rings. The van der Waals surface area contributed by atoms with Crippen molar-refractivity contribution in [1.82, 2.24) is 10.3 Å². The number of hydrogen-bond acceptors (Lipinski definition) is 3. The molecule has 1 aromatic heterocycles. The Balaban J connectivity index is 2.41. The zero-order chi connectivity index (χ0) is 11.5. The molecule has 0 unspecified atom stereocenters. The van der Waals surface area contributed by atoms with Crippen LogP contribution in [0.3, 0.4) is 0 Å². The van der Waals surface area contributed by atoms with Crippen molar-refractivity contribution in [1.29, 1.82) is 0 Å². The Morgan fingerprint density at radius 1 is 1.53 bits per heavy atom. The fourth-order valence-electron chi connectivity index (χ4n) is 1.15. The predicted molar refractivity (Wildman–Crippen MR) is 63.3 cm³/mol. The Bertz CT molecular complexity index is 339. The Labute approximate surface area is 94.9 Å². The summed E-state index contributed by atoms with van der Waals surface area (Å²) in [6, 6.07) is 0. The molecule has 0 saturated heterocycles. The van der Waals surface area contributed by atoms with E-state index < -0.39 is 0 Å². The van der Waals surface area contributed by atoms with Crippen LogP contribution in [0.25, 0.3) is 0 Å². The van der Waals surface area contributed by atoms with Gasteiger partial charge in [-0.25, -0.2) is 4.98 Å². The number of aryl methyl sites for hydroxylation is 1. The highest BCUT2D eigenvalue weighted by Crippen LogP contribution is 2.17. The van der Waals surface area contributed by atoms with E-state index in [1.807, 2.05) is 6.92 Å². The Morgan fingerprint density at radius 3 is 2.67 bits per heavy atom. The second-order valence-electron chi connectivity index (χ2n) is 4.83. The first-order valence-electron chi connectivity index (χ1n) is 5.08. The maximum atomic E-state index is 11.7. The number of amides is 1. The fraction of sp³-hybridized carbons (Fsp3) is 0.636. The summed E-state index contributed by atoms with van der Waals surface area (Å²) in [7, 11) is 0. The molecule has 84 valence electrons. The first-order chi connectivity index (χ1) is 6.90. The van der Waals surface area contributed by atoms with Crippen molar-refractivity contribution in [2.24, 2.45) is 5.41 Å². The lowest BCUT2D eigenvalue weighted by Crippen LogP contribution is -2.27. The van der Waals surface area contributed by atoms with E-state index in [-0.39, 0.29) is 11.3 Å². The minimum Gasteiger partial charge on any atom is -0.351 e. The molecule has 0 aliphatic heterocycles. The Morgan fingerprint density at radius 2 is 2.20 bits per heavy atom. The van der Waals surface area contributed by atoms with Crippen molar-refractivity contribution in [2.45, 2.75) is 34.1 Å². The molecule has 1 N–H and O–H groups in total. The summed E-state index contributed by atoms with van der Waals surface area (Å²) in [6.45, 7) is 9.07. The minimum absolute atomic E-state index is 0.000694. The number of nitrogens with one attached hydrogen (secondary N) is 1. The van der Waals surface area contributed by atoms with Gasteiger partial charge in [0, 0.05) is 6.54 Å². The van der Waals surface area contributed by atoms with E-state index in [1.54, 1.807) is 5.51 Å². The number of carbonyl (C=O) groups is 1. The molecule has 0 fully saturated rings. The molecule has 0 atom stereocenters. The monoisotopic (exact) mass is 226 g/mol. The van der Waals surface area contributed by atoms with Gasteiger partial charge in [-0.15, -0.1) is 11.3 Å². The van der Waals surface area contributed by atoms with Gasteiger partial charge < -0.3 is 5.32 Å². The molecular weight excluding hydrogens is 208 g/mol. The van der Waals surface area contributed by atoms with Gasteiger partial charge in [0.2, 0.25) is 0 Å². The predicted octanol–water partition coefficient (Wildman–Crippen LogP) is 2.62. The first-order valence-corrected chi connectivity index (χ1v) is 5.96. The van der Waals surface area contributed by atoms with E-state index in [1.165, 1.54) is 11.3 Å². The lowest BCUT2D eigenvalue weighted by molar-refractivity contribution is 0.0953. The highest BCUT2D eigenvalue weighted by Gasteiger charge is 2.13. The van der Waals surface area contributed by atoms with E-state index in [4.69, 9.17) is 0 Å². The molecule has 0 aliphatic carbocycles. The van der Waals surface area contributed by atoms with Crippen LogP contribution in [0.1, 0.15) is 42.6 Å². The highest BCUT2D eigenvalue weighted by molar-refractivity contribution is 7.11. The van der Waals surface area contributed by atoms with Gasteiger partial charge in [0.1, 0.15) is 4.88 Å². The van der Waals surface area contributed by atoms with Gasteiger partial charge in [0.15, 0.2) is 0 Å². The lowest BCUT2D eigenvalue weighted by atomic mass is 9.92. The largest absolute Gasteiger partial charge is 0.351 e. The molecule has 0 radical (unpaired) electrons. The van der Waals surface area contributed by atoms with Gasteiger partial charge >= 0.3 is 0 Å². The third-order valence-electron chi connectivity index (χ3n) is 2.11. The maximum absolute atomic E-state index is 11.7. The van der Waals surface area contributed by atoms with Crippen LogP contribution in [-0.2, 0) is 0 Å². The van der Waals surface area contributed by atoms with Gasteiger partial charge in [-0.1, -0.05) is 20.8 Å². The van der Waals surface area contributed by atoms with E-state index >= 15 is 0 Å². The molecule has 15 heavy (non-hydrogen) atoms. The number of hydrogen-bond donors (Lipinski definition) is 1. The number of nitrogens with zero attached hydrogens (tertiary/aromatic N) is 1. The molecular formula is C11H18N2OS. The van der Waals surface area contributed by atoms with Crippen molar-refractivity contribution in [3.63, 3.8) is 0 Å². The van der Waals surface area contributed by atoms with E-state index in [0.29, 0.717) is 0 Å². The van der Waals surface area contributed by atoms with Crippen LogP contribution in [0.2, 0.25) is 0 Å². The van der Waals surface area contributed by atoms with Crippen LogP contribution in [0.15, 0.2) is 5.51 Å². The summed E-state index contributed by atoms with van der Waals surface area (Å²) in [5.74, 6) is -0.000694. The van der Waals surface area contributed by atoms with Crippen molar-refractivity contribution < 1.29 is 4.79 Å². The zero-order valence-electron chi connectivity index (χ0n) is 9.76. The number of rotatable bonds is 3. The topological polar surface area (TPSA) is 42.0 Å². The summed E-state index contributed by atoms with van der Waals surface area (Å²) in [6.07, 6.45) is 0.983. The van der Waals surface area contributed by atoms with Crippen LogP contribution in [0, 0.1) is 12.3 Å². The third kappa shape index (κ3) is 4.00. The van der Waals surface area contributed by atoms with Crippen molar-refractivity contribution in [3.8, 4) is 0 Å². The Hall–Kier alpha value is -0.900. The quantitative estimate of drug-likeness (QED) is 0.861. The SMILES string of the molecule is Cc1ncsc1C(=O)NCCC(C)(C)C. The summed E-state index contributed by atoms with van der Waals surface area (Å²) in [5, 5.41) is 2.91. The molecule has 0 saturated carbocycles. The number of aromatic nitrogens is 1. The molecule has 0 aromatic carbocycles. The van der Waals surface area contributed by atoms with Crippen LogP contribution in [0.4, 0.5) is 0 Å². The average molecular weight is 226 g/mol. The molecule has 1 amide bonds. The van der Waals surface area contributed by atoms with Gasteiger partial charge in [-0.3, -0.25) is 4.79 Å². The Kier molecular flexibility index (Phi) is 3.85. The summed E-state index contributed by atoms with van der Waals surface area (Å²) >= 11 is 1.39. The summed E-state index contributed by atoms with van der Waals surface area (Å²) < 4.78 is 0. The molecule has 4 heteroatoms. The van der Waals surface area contributed by atoms with Gasteiger partial charge in [-0.2, -0.15) is 0 Å². The van der Waals surface area contributed by atoms with Crippen LogP contribution >= 0.6 is 11.3 Å². The van der Waals surface area contributed by atoms with E-state index in [0.717, 1.165) is 23.5 Å². The van der Waals surface area contributed by atoms with Crippen LogP contribution < -0.4 is 5.32 Å². The molecule has 3 nitrogen and oxygen atoms in total. The smallest absolute Gasteiger partial charge is 0.263 e. The van der Waals surface area contributed by atoms with Gasteiger partial charge in [0.05, 0.1) is 11.2 Å². The number of carbonyl (C=O) groups excluding carboxylic acids is 1. The maximum Gasteiger partial charge on any atom is 0.263 e. The molecule has 0 spiro atoms. The van der Waals surface area contributed by atoms with Crippen molar-refractivity contribution in [3.05, 3.63) is 16.1 Å². The summed E-state index contributed by atoms with van der Waals surface area (Å²) in [5.41, 5.74) is 2.78. The third-order valence-corrected chi connectivity index (χ3v) is 3.04. The van der Waals surface area contributed by atoms with Gasteiger partial charge in [-0.05, 0) is 18.8 Å². The molecule has 0 bridgehead atoms. The standard InChI is InChI=1S/C11H18N2OS/c1-8-9(15-7-13-8)10(14)12-6-5-11(2,3)4/h7H,5-6H2,1-4H3,(H,12,14). The second-order valence-corrected chi connectivity index (χ2v) is 5.69. The minimum atomic E-state index is -0.000694. The average Bonchev–Trinajstić information content (AvgIpc) is 2.48. The molecule has 1 rings (SSSR count). The van der Waals surface area contributed by atoms with Crippen molar-refractivity contribution >= 4 is 17.2 Å².